The van der Waals surface area contributed by atoms with Crippen molar-refractivity contribution in [2.75, 3.05) is 18.0 Å². The van der Waals surface area contributed by atoms with Gasteiger partial charge in [-0.05, 0) is 26.2 Å². The summed E-state index contributed by atoms with van der Waals surface area (Å²) in [6, 6.07) is 0. The van der Waals surface area contributed by atoms with Crippen LogP contribution in [0.4, 0.5) is 5.69 Å². The Kier molecular flexibility index (Phi) is 2.43. The maximum atomic E-state index is 4.20. The van der Waals surface area contributed by atoms with Crippen molar-refractivity contribution in [2.24, 2.45) is 0 Å². The first kappa shape index (κ1) is 8.48. The lowest BCUT2D eigenvalue weighted by Crippen LogP contribution is -2.29. The Labute approximate surface area is 78.8 Å². The van der Waals surface area contributed by atoms with E-state index < -0.39 is 0 Å². The molecule has 1 aliphatic rings. The molecule has 0 aromatic carbocycles. The average Bonchev–Trinajstić information content (AvgIpc) is 2.20. The summed E-state index contributed by atoms with van der Waals surface area (Å²) in [6.45, 7) is 4.23. The van der Waals surface area contributed by atoms with Gasteiger partial charge in [-0.1, -0.05) is 0 Å². The van der Waals surface area contributed by atoms with Gasteiger partial charge in [0.2, 0.25) is 0 Å². The Morgan fingerprint density at radius 3 is 2.31 bits per heavy atom. The molecule has 1 aliphatic heterocycles. The normalized spacial score (nSPS) is 17.5. The Bertz CT molecular complexity index is 262. The molecule has 0 aliphatic carbocycles. The van der Waals surface area contributed by atoms with Crippen LogP contribution in [0.2, 0.25) is 0 Å². The van der Waals surface area contributed by atoms with E-state index in [1.165, 1.54) is 24.9 Å². The molecule has 0 atom stereocenters. The molecule has 0 bridgehead atoms. The minimum atomic E-state index is 0.848. The Morgan fingerprint density at radius 1 is 1.08 bits per heavy atom. The third-order valence-corrected chi connectivity index (χ3v) is 2.49. The summed E-state index contributed by atoms with van der Waals surface area (Å²) in [6.07, 6.45) is 7.81. The summed E-state index contributed by atoms with van der Waals surface area (Å²) in [4.78, 5) is 10.8. The molecule has 3 heteroatoms. The van der Waals surface area contributed by atoms with Crippen molar-refractivity contribution < 1.29 is 0 Å². The van der Waals surface area contributed by atoms with Crippen molar-refractivity contribution >= 4 is 5.69 Å². The van der Waals surface area contributed by atoms with E-state index in [0.29, 0.717) is 0 Å². The van der Waals surface area contributed by atoms with E-state index in [4.69, 9.17) is 0 Å². The molecule has 0 saturated carbocycles. The first-order valence-corrected chi connectivity index (χ1v) is 4.90. The van der Waals surface area contributed by atoms with Crippen LogP contribution in [-0.4, -0.2) is 23.1 Å². The fourth-order valence-corrected chi connectivity index (χ4v) is 1.70. The molecule has 13 heavy (non-hydrogen) atoms. The van der Waals surface area contributed by atoms with Crippen molar-refractivity contribution in [3.8, 4) is 0 Å². The van der Waals surface area contributed by atoms with E-state index in [2.05, 4.69) is 14.9 Å². The average molecular weight is 177 g/mol. The second kappa shape index (κ2) is 3.73. The molecule has 3 nitrogen and oxygen atoms in total. The lowest BCUT2D eigenvalue weighted by molar-refractivity contribution is 0.576. The van der Waals surface area contributed by atoms with Gasteiger partial charge >= 0.3 is 0 Å². The van der Waals surface area contributed by atoms with Crippen LogP contribution in [0.25, 0.3) is 0 Å². The van der Waals surface area contributed by atoms with Crippen molar-refractivity contribution in [1.82, 2.24) is 9.97 Å². The van der Waals surface area contributed by atoms with Gasteiger partial charge in [0, 0.05) is 13.1 Å². The number of nitrogens with zero attached hydrogens (tertiary/aromatic N) is 3. The van der Waals surface area contributed by atoms with Crippen LogP contribution in [-0.2, 0) is 0 Å². The van der Waals surface area contributed by atoms with Gasteiger partial charge in [-0.2, -0.15) is 0 Å². The Morgan fingerprint density at radius 2 is 1.69 bits per heavy atom. The Hall–Kier alpha value is -1.12. The van der Waals surface area contributed by atoms with Gasteiger partial charge < -0.3 is 4.90 Å². The molecule has 1 saturated heterocycles. The van der Waals surface area contributed by atoms with Gasteiger partial charge in [0.15, 0.2) is 0 Å². The molecule has 0 spiro atoms. The highest BCUT2D eigenvalue weighted by molar-refractivity contribution is 5.41. The number of aryl methyl sites for hydroxylation is 1. The molecule has 0 radical (unpaired) electrons. The van der Waals surface area contributed by atoms with Gasteiger partial charge in [0.25, 0.3) is 0 Å². The smallest absolute Gasteiger partial charge is 0.125 e. The molecule has 2 rings (SSSR count). The lowest BCUT2D eigenvalue weighted by atomic mass is 10.1. The van der Waals surface area contributed by atoms with Gasteiger partial charge in [0.05, 0.1) is 18.1 Å². The fourth-order valence-electron chi connectivity index (χ4n) is 1.70. The van der Waals surface area contributed by atoms with E-state index in [9.17, 15) is 0 Å². The van der Waals surface area contributed by atoms with Gasteiger partial charge in [-0.3, -0.25) is 0 Å². The van der Waals surface area contributed by atoms with Crippen molar-refractivity contribution in [3.05, 3.63) is 18.2 Å². The maximum Gasteiger partial charge on any atom is 0.125 e. The minimum absolute atomic E-state index is 0.848. The van der Waals surface area contributed by atoms with Crippen LogP contribution >= 0.6 is 0 Å². The van der Waals surface area contributed by atoms with E-state index in [0.717, 1.165) is 18.9 Å². The van der Waals surface area contributed by atoms with E-state index in [-0.39, 0.29) is 0 Å². The maximum absolute atomic E-state index is 4.20. The summed E-state index contributed by atoms with van der Waals surface area (Å²) < 4.78 is 0. The first-order chi connectivity index (χ1) is 6.36. The monoisotopic (exact) mass is 177 g/mol. The largest absolute Gasteiger partial charge is 0.369 e. The number of hydrogen-bond acceptors (Lipinski definition) is 3. The van der Waals surface area contributed by atoms with Crippen molar-refractivity contribution in [3.63, 3.8) is 0 Å². The van der Waals surface area contributed by atoms with Crippen LogP contribution in [0.5, 0.6) is 0 Å². The molecule has 0 amide bonds. The molecular formula is C10H15N3. The number of rotatable bonds is 1. The summed E-state index contributed by atoms with van der Waals surface area (Å²) >= 11 is 0. The fraction of sp³-hybridized carbons (Fsp3) is 0.600. The second-order valence-electron chi connectivity index (χ2n) is 3.54. The zero-order valence-corrected chi connectivity index (χ0v) is 8.03. The molecule has 2 heterocycles. The third-order valence-electron chi connectivity index (χ3n) is 2.49. The third kappa shape index (κ3) is 1.97. The van der Waals surface area contributed by atoms with Gasteiger partial charge in [-0.25, -0.2) is 9.97 Å². The topological polar surface area (TPSA) is 29.0 Å². The first-order valence-electron chi connectivity index (χ1n) is 4.90. The van der Waals surface area contributed by atoms with E-state index in [1.54, 1.807) is 0 Å². The summed E-state index contributed by atoms with van der Waals surface area (Å²) in [5.41, 5.74) is 1.17. The number of aromatic nitrogens is 2. The summed E-state index contributed by atoms with van der Waals surface area (Å²) in [5.74, 6) is 0.848. The number of anilines is 1. The van der Waals surface area contributed by atoms with E-state index in [1.807, 2.05) is 19.3 Å². The second-order valence-corrected chi connectivity index (χ2v) is 3.54. The highest BCUT2D eigenvalue weighted by atomic mass is 15.1. The molecule has 0 unspecified atom stereocenters. The molecule has 0 N–H and O–H groups in total. The van der Waals surface area contributed by atoms with Gasteiger partial charge in [0.1, 0.15) is 5.82 Å². The van der Waals surface area contributed by atoms with E-state index >= 15 is 0 Å². The van der Waals surface area contributed by atoms with Gasteiger partial charge in [-0.15, -0.1) is 0 Å². The quantitative estimate of drug-likeness (QED) is 0.654. The molecular weight excluding hydrogens is 162 g/mol. The summed E-state index contributed by atoms with van der Waals surface area (Å²) in [5, 5.41) is 0. The molecule has 1 aromatic heterocycles. The zero-order valence-electron chi connectivity index (χ0n) is 8.03. The van der Waals surface area contributed by atoms with Crippen molar-refractivity contribution in [2.45, 2.75) is 26.2 Å². The lowest BCUT2D eigenvalue weighted by Gasteiger charge is -2.27. The Balaban J connectivity index is 2.10. The van der Waals surface area contributed by atoms with Crippen LogP contribution < -0.4 is 4.90 Å². The van der Waals surface area contributed by atoms with Crippen LogP contribution in [0.1, 0.15) is 25.1 Å². The van der Waals surface area contributed by atoms with Crippen LogP contribution in [0.15, 0.2) is 12.4 Å². The molecule has 1 aromatic rings. The molecule has 1 fully saturated rings. The van der Waals surface area contributed by atoms with Crippen LogP contribution in [0, 0.1) is 6.92 Å². The van der Waals surface area contributed by atoms with Crippen LogP contribution in [0.3, 0.4) is 0 Å². The summed E-state index contributed by atoms with van der Waals surface area (Å²) in [7, 11) is 0. The predicted octanol–water partition coefficient (Wildman–Crippen LogP) is 1.78. The highest BCUT2D eigenvalue weighted by Crippen LogP contribution is 2.17. The SMILES string of the molecule is Cc1ncc(N2CCCCC2)cn1. The molecule has 70 valence electrons. The highest BCUT2D eigenvalue weighted by Gasteiger charge is 2.10. The number of piperidine rings is 1. The predicted molar refractivity (Wildman–Crippen MR) is 52.8 cm³/mol. The number of hydrogen-bond donors (Lipinski definition) is 0. The van der Waals surface area contributed by atoms with Crippen molar-refractivity contribution in [1.29, 1.82) is 0 Å². The zero-order chi connectivity index (χ0) is 9.10. The minimum Gasteiger partial charge on any atom is -0.369 e. The standard InChI is InChI=1S/C10H15N3/c1-9-11-7-10(8-12-9)13-5-3-2-4-6-13/h7-8H,2-6H2,1H3.